The van der Waals surface area contributed by atoms with E-state index in [0.717, 1.165) is 72.7 Å². The second kappa shape index (κ2) is 20.9. The van der Waals surface area contributed by atoms with E-state index in [-0.39, 0.29) is 0 Å². The maximum absolute atomic E-state index is 2.54. The first-order chi connectivity index (χ1) is 44.7. The minimum atomic E-state index is 1.07. The molecule has 0 aliphatic rings. The summed E-state index contributed by atoms with van der Waals surface area (Å²) in [7, 11) is 0. The van der Waals surface area contributed by atoms with Crippen LogP contribution in [0.1, 0.15) is 0 Å². The molecule has 4 heteroatoms. The number of aromatic nitrogens is 2. The molecule has 0 bridgehead atoms. The van der Waals surface area contributed by atoms with E-state index in [1.807, 2.05) is 0 Å². The zero-order valence-corrected chi connectivity index (χ0v) is 49.1. The van der Waals surface area contributed by atoms with Gasteiger partial charge in [-0.3, -0.25) is 0 Å². The molecule has 0 aliphatic heterocycles. The van der Waals surface area contributed by atoms with Gasteiger partial charge in [-0.2, -0.15) is 0 Å². The van der Waals surface area contributed by atoms with Gasteiger partial charge < -0.3 is 18.9 Å². The molecule has 0 aliphatic carbocycles. The van der Waals surface area contributed by atoms with Crippen molar-refractivity contribution in [3.05, 3.63) is 340 Å². The predicted octanol–water partition coefficient (Wildman–Crippen LogP) is 23.9. The lowest BCUT2D eigenvalue weighted by atomic mass is 9.92. The number of para-hydroxylation sites is 4. The maximum Gasteiger partial charge on any atom is 0.0619 e. The Balaban J connectivity index is 0.922. The SMILES string of the molecule is c1ccc(-c2cccc3c4cc(N(c5cccc6ccccc56)c5cc6cc(N(c7ccc8c(c7)c7cccc(-c9ccccc9)c7n8-c7ccccc7)c7cccc8ccccc78)c7ccccc7c6c6ccccc56)ccc4n(-c4ccccc4)c23)cc1. The molecule has 90 heavy (non-hydrogen) atoms. The summed E-state index contributed by atoms with van der Waals surface area (Å²) in [6.45, 7) is 0. The van der Waals surface area contributed by atoms with E-state index in [4.69, 9.17) is 0 Å². The Morgan fingerprint density at radius 3 is 0.989 bits per heavy atom. The molecule has 0 N–H and O–H groups in total. The van der Waals surface area contributed by atoms with Crippen LogP contribution in [-0.4, -0.2) is 9.13 Å². The van der Waals surface area contributed by atoms with Crippen molar-refractivity contribution in [2.24, 2.45) is 0 Å². The van der Waals surface area contributed by atoms with Crippen LogP contribution >= 0.6 is 0 Å². The van der Waals surface area contributed by atoms with Gasteiger partial charge in [-0.15, -0.1) is 0 Å². The molecule has 4 nitrogen and oxygen atoms in total. The number of nitrogens with zero attached hydrogens (tertiary/aromatic N) is 4. The van der Waals surface area contributed by atoms with Crippen molar-refractivity contribution < 1.29 is 0 Å². The summed E-state index contributed by atoms with van der Waals surface area (Å²) in [4.78, 5) is 5.07. The summed E-state index contributed by atoms with van der Waals surface area (Å²) >= 11 is 0. The molecule has 18 aromatic rings. The van der Waals surface area contributed by atoms with Crippen LogP contribution in [0.4, 0.5) is 34.1 Å². The summed E-state index contributed by atoms with van der Waals surface area (Å²) in [5, 5.41) is 16.5. The highest BCUT2D eigenvalue weighted by molar-refractivity contribution is 6.28. The molecule has 18 rings (SSSR count). The molecular weight excluding hydrogens is 1090 g/mol. The highest BCUT2D eigenvalue weighted by atomic mass is 15.2. The Bertz CT molecular complexity index is 5480. The van der Waals surface area contributed by atoms with Crippen LogP contribution in [0, 0.1) is 0 Å². The molecule has 0 spiro atoms. The summed E-state index contributed by atoms with van der Waals surface area (Å²) in [5.74, 6) is 0. The molecule has 0 unspecified atom stereocenters. The largest absolute Gasteiger partial charge is 0.309 e. The fourth-order valence-electron chi connectivity index (χ4n) is 14.7. The van der Waals surface area contributed by atoms with E-state index in [2.05, 4.69) is 359 Å². The monoisotopic (exact) mass is 1140 g/mol. The van der Waals surface area contributed by atoms with E-state index in [1.54, 1.807) is 0 Å². The van der Waals surface area contributed by atoms with E-state index < -0.39 is 0 Å². The van der Waals surface area contributed by atoms with Crippen molar-refractivity contribution in [2.45, 2.75) is 0 Å². The quantitative estimate of drug-likeness (QED) is 0.127. The molecule has 0 saturated carbocycles. The number of rotatable bonds is 10. The Labute approximate surface area is 520 Å². The van der Waals surface area contributed by atoms with Crippen LogP contribution in [0.15, 0.2) is 340 Å². The zero-order chi connectivity index (χ0) is 59.2. The van der Waals surface area contributed by atoms with Crippen LogP contribution in [0.25, 0.3) is 131 Å². The molecule has 0 amide bonds. The Morgan fingerprint density at radius 1 is 0.211 bits per heavy atom. The third-order valence-electron chi connectivity index (χ3n) is 18.6. The van der Waals surface area contributed by atoms with Gasteiger partial charge in [-0.1, -0.05) is 255 Å². The second-order valence-corrected chi connectivity index (χ2v) is 23.5. The number of benzene rings is 16. The number of hydrogen-bond acceptors (Lipinski definition) is 2. The lowest BCUT2D eigenvalue weighted by Gasteiger charge is -2.31. The smallest absolute Gasteiger partial charge is 0.0619 e. The van der Waals surface area contributed by atoms with Gasteiger partial charge >= 0.3 is 0 Å². The first-order valence-electron chi connectivity index (χ1n) is 31.0. The van der Waals surface area contributed by atoms with Crippen LogP contribution in [-0.2, 0) is 0 Å². The molecular formula is C86H56N4. The summed E-state index contributed by atoms with van der Waals surface area (Å²) in [6.07, 6.45) is 0. The van der Waals surface area contributed by atoms with Gasteiger partial charge in [0.05, 0.1) is 44.8 Å². The van der Waals surface area contributed by atoms with Gasteiger partial charge in [0, 0.05) is 77.0 Å². The second-order valence-electron chi connectivity index (χ2n) is 23.5. The third kappa shape index (κ3) is 8.09. The Morgan fingerprint density at radius 2 is 0.556 bits per heavy atom. The van der Waals surface area contributed by atoms with Gasteiger partial charge in [0.15, 0.2) is 0 Å². The van der Waals surface area contributed by atoms with E-state index in [9.17, 15) is 0 Å². The molecule has 0 saturated heterocycles. The summed E-state index contributed by atoms with van der Waals surface area (Å²) in [5.41, 5.74) is 18.2. The van der Waals surface area contributed by atoms with Crippen LogP contribution < -0.4 is 9.80 Å². The highest BCUT2D eigenvalue weighted by Gasteiger charge is 2.27. The molecule has 2 aromatic heterocycles. The third-order valence-corrected chi connectivity index (χ3v) is 18.6. The zero-order valence-electron chi connectivity index (χ0n) is 49.1. The van der Waals surface area contributed by atoms with Crippen LogP contribution in [0.5, 0.6) is 0 Å². The molecule has 2 heterocycles. The summed E-state index contributed by atoms with van der Waals surface area (Å²) < 4.78 is 4.92. The number of anilines is 6. The van der Waals surface area contributed by atoms with Crippen molar-refractivity contribution in [1.29, 1.82) is 0 Å². The van der Waals surface area contributed by atoms with E-state index in [0.29, 0.717) is 0 Å². The average molecular weight is 1150 g/mol. The Hall–Kier alpha value is -12.0. The van der Waals surface area contributed by atoms with E-state index >= 15 is 0 Å². The van der Waals surface area contributed by atoms with Gasteiger partial charge in [0.1, 0.15) is 0 Å². The normalized spacial score (nSPS) is 11.8. The highest BCUT2D eigenvalue weighted by Crippen LogP contribution is 2.52. The van der Waals surface area contributed by atoms with Gasteiger partial charge in [-0.25, -0.2) is 0 Å². The van der Waals surface area contributed by atoms with E-state index in [1.165, 1.54) is 92.5 Å². The van der Waals surface area contributed by atoms with Gasteiger partial charge in [0.25, 0.3) is 0 Å². The minimum absolute atomic E-state index is 1.07. The first kappa shape index (κ1) is 51.3. The van der Waals surface area contributed by atoms with Crippen LogP contribution in [0.2, 0.25) is 0 Å². The minimum Gasteiger partial charge on any atom is -0.309 e. The van der Waals surface area contributed by atoms with Gasteiger partial charge in [-0.05, 0) is 128 Å². The van der Waals surface area contributed by atoms with Gasteiger partial charge in [0.2, 0.25) is 0 Å². The fraction of sp³-hybridized carbons (Fsp3) is 0. The standard InChI is InChI=1S/C86H56N4/c1-5-25-59(26-6-1)68-43-23-45-74-76-55-64(49-51-80(76)89(85(68)74)62-33-9-3-10-34-62)87(78-47-21-31-57-29-13-15-37-66(57)78)82-53-61-54-83(71-40-18-20-42-73(71)84(61)72-41-19-17-39-70(72)82)88(79-48-22-32-58-30-14-16-38-67(58)79)65-50-52-81-77(56-65)75-46-24-44-69(60-27-7-2-8-28-60)86(75)90(81)63-35-11-4-12-36-63/h1-56H. The maximum atomic E-state index is 2.54. The molecule has 0 atom stereocenters. The molecule has 0 fully saturated rings. The average Bonchev–Trinajstić information content (AvgIpc) is 1.79. The molecule has 420 valence electrons. The topological polar surface area (TPSA) is 16.3 Å². The van der Waals surface area contributed by atoms with Crippen molar-refractivity contribution in [2.75, 3.05) is 9.80 Å². The predicted molar refractivity (Wildman–Crippen MR) is 383 cm³/mol. The number of fused-ring (bicyclic) bond motifs is 13. The fourth-order valence-corrected chi connectivity index (χ4v) is 14.7. The Kier molecular flexibility index (Phi) is 11.9. The lowest BCUT2D eigenvalue weighted by molar-refractivity contribution is 1.18. The van der Waals surface area contributed by atoms with Crippen LogP contribution in [0.3, 0.4) is 0 Å². The molecule has 16 aromatic carbocycles. The van der Waals surface area contributed by atoms with Crippen molar-refractivity contribution in [1.82, 2.24) is 9.13 Å². The molecule has 0 radical (unpaired) electrons. The summed E-state index contributed by atoms with van der Waals surface area (Å²) in [6, 6.07) is 125. The first-order valence-corrected chi connectivity index (χ1v) is 31.0. The van der Waals surface area contributed by atoms with Crippen molar-refractivity contribution in [3.8, 4) is 33.6 Å². The van der Waals surface area contributed by atoms with Crippen molar-refractivity contribution in [3.63, 3.8) is 0 Å². The number of hydrogen-bond donors (Lipinski definition) is 0. The lowest BCUT2D eigenvalue weighted by Crippen LogP contribution is -2.12. The van der Waals surface area contributed by atoms with Crippen molar-refractivity contribution >= 4 is 132 Å².